The molecule has 106 valence electrons. The van der Waals surface area contributed by atoms with Gasteiger partial charge in [0, 0.05) is 31.5 Å². The molecular weight excluding hydrogens is 234 g/mol. The van der Waals surface area contributed by atoms with E-state index in [0.717, 1.165) is 6.54 Å². The molecule has 2 heterocycles. The lowest BCUT2D eigenvalue weighted by Gasteiger charge is -2.25. The number of hydrogen-bond donors (Lipinski definition) is 1. The molecule has 2 rings (SSSR count). The Morgan fingerprint density at radius 1 is 1.42 bits per heavy atom. The van der Waals surface area contributed by atoms with E-state index < -0.39 is 0 Å². The normalized spacial score (nSPS) is 19.2. The molecular formula is C16H27N3. The van der Waals surface area contributed by atoms with Crippen molar-refractivity contribution in [3.8, 4) is 0 Å². The number of unbranched alkanes of at least 4 members (excludes halogenated alkanes) is 1. The smallest absolute Gasteiger partial charge is 0.0313 e. The fourth-order valence-electron chi connectivity index (χ4n) is 2.80. The lowest BCUT2D eigenvalue weighted by atomic mass is 10.1. The number of aromatic nitrogens is 1. The molecule has 1 N–H and O–H groups in total. The van der Waals surface area contributed by atoms with Crippen molar-refractivity contribution in [1.82, 2.24) is 15.2 Å². The van der Waals surface area contributed by atoms with Crippen molar-refractivity contribution in [1.29, 1.82) is 0 Å². The van der Waals surface area contributed by atoms with Gasteiger partial charge >= 0.3 is 0 Å². The third kappa shape index (κ3) is 4.92. The van der Waals surface area contributed by atoms with E-state index in [1.807, 2.05) is 12.4 Å². The maximum Gasteiger partial charge on any atom is 0.0313 e. The quantitative estimate of drug-likeness (QED) is 0.818. The molecule has 1 aromatic rings. The number of nitrogens with zero attached hydrogens (tertiary/aromatic N) is 2. The fraction of sp³-hybridized carbons (Fsp3) is 0.688. The van der Waals surface area contributed by atoms with Gasteiger partial charge in [-0.15, -0.1) is 0 Å². The number of pyridine rings is 1. The highest BCUT2D eigenvalue weighted by Crippen LogP contribution is 2.11. The van der Waals surface area contributed by atoms with Crippen molar-refractivity contribution in [3.05, 3.63) is 29.6 Å². The highest BCUT2D eigenvalue weighted by molar-refractivity contribution is 5.16. The molecule has 0 aliphatic carbocycles. The van der Waals surface area contributed by atoms with Crippen LogP contribution in [0.25, 0.3) is 0 Å². The summed E-state index contributed by atoms with van der Waals surface area (Å²) >= 11 is 0. The monoisotopic (exact) mass is 261 g/mol. The Balaban J connectivity index is 1.92. The molecule has 3 nitrogen and oxygen atoms in total. The van der Waals surface area contributed by atoms with E-state index in [1.54, 1.807) is 0 Å². The van der Waals surface area contributed by atoms with Crippen LogP contribution in [0.15, 0.2) is 18.5 Å². The SMILES string of the molecule is CCCCN(Cc1cncc(C)c1)CC1CCCN1. The van der Waals surface area contributed by atoms with Crippen molar-refractivity contribution >= 4 is 0 Å². The first-order chi connectivity index (χ1) is 9.28. The summed E-state index contributed by atoms with van der Waals surface area (Å²) in [6.45, 7) is 8.98. The standard InChI is InChI=1S/C16H27N3/c1-3-4-8-19(13-16-6-5-7-18-16)12-15-9-14(2)10-17-11-15/h9-11,16,18H,3-8,12-13H2,1-2H3. The zero-order valence-electron chi connectivity index (χ0n) is 12.4. The molecule has 0 saturated carbocycles. The average Bonchev–Trinajstić information content (AvgIpc) is 2.89. The largest absolute Gasteiger partial charge is 0.313 e. The van der Waals surface area contributed by atoms with E-state index in [4.69, 9.17) is 0 Å². The molecule has 0 bridgehead atoms. The predicted molar refractivity (Wildman–Crippen MR) is 80.2 cm³/mol. The van der Waals surface area contributed by atoms with E-state index in [-0.39, 0.29) is 0 Å². The summed E-state index contributed by atoms with van der Waals surface area (Å²) in [5.41, 5.74) is 2.60. The highest BCUT2D eigenvalue weighted by atomic mass is 15.2. The Bertz CT molecular complexity index is 372. The maximum absolute atomic E-state index is 4.31. The van der Waals surface area contributed by atoms with E-state index in [0.29, 0.717) is 6.04 Å². The Morgan fingerprint density at radius 3 is 3.00 bits per heavy atom. The summed E-state index contributed by atoms with van der Waals surface area (Å²) in [4.78, 5) is 6.89. The van der Waals surface area contributed by atoms with Crippen molar-refractivity contribution in [3.63, 3.8) is 0 Å². The first kappa shape index (κ1) is 14.5. The predicted octanol–water partition coefficient (Wildman–Crippen LogP) is 2.74. The van der Waals surface area contributed by atoms with Gasteiger partial charge in [0.15, 0.2) is 0 Å². The molecule has 1 aliphatic heterocycles. The van der Waals surface area contributed by atoms with Crippen LogP contribution in [0.3, 0.4) is 0 Å². The number of rotatable bonds is 7. The molecule has 1 atom stereocenters. The average molecular weight is 261 g/mol. The zero-order valence-corrected chi connectivity index (χ0v) is 12.4. The van der Waals surface area contributed by atoms with E-state index in [2.05, 4.69) is 35.1 Å². The molecule has 1 saturated heterocycles. The fourth-order valence-corrected chi connectivity index (χ4v) is 2.80. The Kier molecular flexibility index (Phi) is 5.80. The number of nitrogens with one attached hydrogen (secondary N) is 1. The molecule has 0 spiro atoms. The summed E-state index contributed by atoms with van der Waals surface area (Å²) in [6.07, 6.45) is 9.14. The summed E-state index contributed by atoms with van der Waals surface area (Å²) in [5.74, 6) is 0. The lowest BCUT2D eigenvalue weighted by molar-refractivity contribution is 0.237. The van der Waals surface area contributed by atoms with Crippen molar-refractivity contribution < 1.29 is 0 Å². The Morgan fingerprint density at radius 2 is 2.32 bits per heavy atom. The first-order valence-electron chi connectivity index (χ1n) is 7.64. The molecule has 0 radical (unpaired) electrons. The summed E-state index contributed by atoms with van der Waals surface area (Å²) in [5, 5.41) is 3.60. The van der Waals surface area contributed by atoms with E-state index >= 15 is 0 Å². The van der Waals surface area contributed by atoms with Crippen LogP contribution in [-0.2, 0) is 6.54 Å². The maximum atomic E-state index is 4.31. The van der Waals surface area contributed by atoms with Crippen molar-refractivity contribution in [2.24, 2.45) is 0 Å². The third-order valence-electron chi connectivity index (χ3n) is 3.81. The second-order valence-corrected chi connectivity index (χ2v) is 5.75. The molecule has 19 heavy (non-hydrogen) atoms. The van der Waals surface area contributed by atoms with Crippen LogP contribution < -0.4 is 5.32 Å². The number of aryl methyl sites for hydroxylation is 1. The van der Waals surface area contributed by atoms with Crippen LogP contribution in [0.5, 0.6) is 0 Å². The molecule has 3 heteroatoms. The van der Waals surface area contributed by atoms with Gasteiger partial charge in [-0.1, -0.05) is 19.4 Å². The van der Waals surface area contributed by atoms with Crippen LogP contribution >= 0.6 is 0 Å². The molecule has 1 aromatic heterocycles. The van der Waals surface area contributed by atoms with Crippen molar-refractivity contribution in [2.45, 2.75) is 52.1 Å². The van der Waals surface area contributed by atoms with Gasteiger partial charge in [-0.25, -0.2) is 0 Å². The van der Waals surface area contributed by atoms with Crippen LogP contribution in [0.1, 0.15) is 43.7 Å². The molecule has 1 aliphatic rings. The molecule has 1 fully saturated rings. The van der Waals surface area contributed by atoms with Crippen LogP contribution in [-0.4, -0.2) is 35.6 Å². The Hall–Kier alpha value is -0.930. The first-order valence-corrected chi connectivity index (χ1v) is 7.64. The van der Waals surface area contributed by atoms with Crippen LogP contribution in [0.2, 0.25) is 0 Å². The lowest BCUT2D eigenvalue weighted by Crippen LogP contribution is -2.37. The molecule has 0 amide bonds. The second kappa shape index (κ2) is 7.61. The second-order valence-electron chi connectivity index (χ2n) is 5.75. The minimum Gasteiger partial charge on any atom is -0.313 e. The zero-order chi connectivity index (χ0) is 13.5. The van der Waals surface area contributed by atoms with Crippen molar-refractivity contribution in [2.75, 3.05) is 19.6 Å². The minimum atomic E-state index is 0.689. The minimum absolute atomic E-state index is 0.689. The van der Waals surface area contributed by atoms with Crippen LogP contribution in [0.4, 0.5) is 0 Å². The topological polar surface area (TPSA) is 28.2 Å². The van der Waals surface area contributed by atoms with Gasteiger partial charge < -0.3 is 5.32 Å². The summed E-state index contributed by atoms with van der Waals surface area (Å²) < 4.78 is 0. The van der Waals surface area contributed by atoms with Gasteiger partial charge in [-0.2, -0.15) is 0 Å². The molecule has 1 unspecified atom stereocenters. The summed E-state index contributed by atoms with van der Waals surface area (Å²) in [7, 11) is 0. The highest BCUT2D eigenvalue weighted by Gasteiger charge is 2.17. The van der Waals surface area contributed by atoms with Gasteiger partial charge in [-0.05, 0) is 50.4 Å². The van der Waals surface area contributed by atoms with Gasteiger partial charge in [0.05, 0.1) is 0 Å². The van der Waals surface area contributed by atoms with Gasteiger partial charge in [0.25, 0.3) is 0 Å². The molecule has 0 aromatic carbocycles. The van der Waals surface area contributed by atoms with E-state index in [1.165, 1.54) is 56.4 Å². The number of hydrogen-bond acceptors (Lipinski definition) is 3. The summed E-state index contributed by atoms with van der Waals surface area (Å²) in [6, 6.07) is 2.95. The Labute approximate surface area is 117 Å². The van der Waals surface area contributed by atoms with Gasteiger partial charge in [0.2, 0.25) is 0 Å². The van der Waals surface area contributed by atoms with Gasteiger partial charge in [0.1, 0.15) is 0 Å². The third-order valence-corrected chi connectivity index (χ3v) is 3.81. The van der Waals surface area contributed by atoms with Gasteiger partial charge in [-0.3, -0.25) is 9.88 Å². The van der Waals surface area contributed by atoms with E-state index in [9.17, 15) is 0 Å². The van der Waals surface area contributed by atoms with Crippen LogP contribution in [0, 0.1) is 6.92 Å².